The molecule has 0 aliphatic carbocycles. The third-order valence-corrected chi connectivity index (χ3v) is 9.38. The van der Waals surface area contributed by atoms with Gasteiger partial charge >= 0.3 is 0 Å². The molecule has 234 valence electrons. The topological polar surface area (TPSA) is 111 Å². The second kappa shape index (κ2) is 14.4. The van der Waals surface area contributed by atoms with Crippen molar-refractivity contribution in [2.24, 2.45) is 5.10 Å². The smallest absolute Gasteiger partial charge is 0.253 e. The number of carbonyl (C=O) groups excluding carboxylic acids is 2. The Balaban J connectivity index is 1.20. The Labute approximate surface area is 275 Å². The Hall–Kier alpha value is -4.94. The van der Waals surface area contributed by atoms with Gasteiger partial charge in [0, 0.05) is 12.0 Å². The molecular weight excluding hydrogens is 621 g/mol. The summed E-state index contributed by atoms with van der Waals surface area (Å²) in [6, 6.07) is 28.4. The molecule has 0 radical (unpaired) electrons. The van der Waals surface area contributed by atoms with E-state index in [1.54, 1.807) is 54.8 Å². The molecule has 2 aromatic heterocycles. The largest absolute Gasteiger partial charge is 0.497 e. The number of methoxy groups -OCH3 is 2. The predicted octanol–water partition coefficient (Wildman–Crippen LogP) is 5.81. The maximum atomic E-state index is 13.8. The number of thioether (sulfide) groups is 1. The van der Waals surface area contributed by atoms with E-state index >= 15 is 0 Å². The van der Waals surface area contributed by atoms with Crippen molar-refractivity contribution in [1.82, 2.24) is 25.1 Å². The number of aromatic nitrogens is 3. The maximum absolute atomic E-state index is 13.8. The number of hydrogen-bond donors (Lipinski definition) is 1. The molecule has 12 heteroatoms. The monoisotopic (exact) mass is 652 g/mol. The number of amides is 2. The minimum atomic E-state index is -0.254. The molecule has 1 aliphatic rings. The third-order valence-electron chi connectivity index (χ3n) is 7.51. The molecule has 0 spiro atoms. The van der Waals surface area contributed by atoms with Gasteiger partial charge in [-0.2, -0.15) is 5.10 Å². The van der Waals surface area contributed by atoms with E-state index in [4.69, 9.17) is 14.6 Å². The minimum Gasteiger partial charge on any atom is -0.497 e. The molecule has 6 rings (SSSR count). The fourth-order valence-electron chi connectivity index (χ4n) is 5.12. The van der Waals surface area contributed by atoms with E-state index < -0.39 is 0 Å². The van der Waals surface area contributed by atoms with Crippen LogP contribution in [0.3, 0.4) is 0 Å². The molecule has 0 saturated heterocycles. The molecule has 5 aromatic rings. The highest BCUT2D eigenvalue weighted by molar-refractivity contribution is 7.99. The quantitative estimate of drug-likeness (QED) is 0.170. The lowest BCUT2D eigenvalue weighted by Crippen LogP contribution is -2.28. The summed E-state index contributed by atoms with van der Waals surface area (Å²) in [7, 11) is 3.19. The Morgan fingerprint density at radius 2 is 1.74 bits per heavy atom. The lowest BCUT2D eigenvalue weighted by Gasteiger charge is -2.22. The van der Waals surface area contributed by atoms with E-state index in [9.17, 15) is 9.59 Å². The zero-order chi connectivity index (χ0) is 31.9. The van der Waals surface area contributed by atoms with Gasteiger partial charge in [-0.15, -0.1) is 21.5 Å². The molecule has 10 nitrogen and oxygen atoms in total. The lowest BCUT2D eigenvalue weighted by molar-refractivity contribution is -0.130. The van der Waals surface area contributed by atoms with Crippen LogP contribution in [0.15, 0.2) is 107 Å². The molecule has 1 aliphatic heterocycles. The van der Waals surface area contributed by atoms with Gasteiger partial charge in [0.25, 0.3) is 11.8 Å². The van der Waals surface area contributed by atoms with E-state index in [-0.39, 0.29) is 30.2 Å². The first-order chi connectivity index (χ1) is 22.5. The molecular formula is C34H32N6O4S2. The van der Waals surface area contributed by atoms with Gasteiger partial charge in [-0.3, -0.25) is 9.59 Å². The molecule has 3 aromatic carbocycles. The fraction of sp³-hybridized carbons (Fsp3) is 0.206. The van der Waals surface area contributed by atoms with Crippen molar-refractivity contribution >= 4 is 40.6 Å². The highest BCUT2D eigenvalue weighted by atomic mass is 32.2. The molecule has 1 atom stereocenters. The normalized spacial score (nSPS) is 14.2. The van der Waals surface area contributed by atoms with Gasteiger partial charge in [-0.05, 0) is 52.9 Å². The summed E-state index contributed by atoms with van der Waals surface area (Å²) in [6.07, 6.45) is 0.616. The van der Waals surface area contributed by atoms with Gasteiger partial charge in [0.05, 0.1) is 49.7 Å². The zero-order valence-corrected chi connectivity index (χ0v) is 27.0. The SMILES string of the molecule is COc1ccc([C@@H]2CC(c3cccs3)=NN2C(=O)CSc2nnc(CNC(=O)c3cccc(OC)c3)n2Cc2ccccc2)cc1. The molecule has 2 amide bonds. The second-order valence-electron chi connectivity index (χ2n) is 10.4. The van der Waals surface area contributed by atoms with Crippen LogP contribution in [0.2, 0.25) is 0 Å². The van der Waals surface area contributed by atoms with Crippen LogP contribution in [-0.4, -0.2) is 57.3 Å². The summed E-state index contributed by atoms with van der Waals surface area (Å²) < 4.78 is 12.5. The van der Waals surface area contributed by atoms with Gasteiger partial charge in [-0.1, -0.05) is 66.4 Å². The summed E-state index contributed by atoms with van der Waals surface area (Å²) in [5, 5.41) is 20.7. The second-order valence-corrected chi connectivity index (χ2v) is 12.3. The van der Waals surface area contributed by atoms with Crippen LogP contribution >= 0.6 is 23.1 Å². The number of benzene rings is 3. The standard InChI is InChI=1S/C34H32N6O4S2/c1-43-26-15-13-24(14-16-26)29-19-28(30-12-7-17-45-30)38-40(29)32(41)22-46-34-37-36-31(39(34)21-23-8-4-3-5-9-23)20-35-33(42)25-10-6-11-27(18-25)44-2/h3-18,29H,19-22H2,1-2H3,(H,35,42)/t29-/m0/s1. The number of rotatable bonds is 12. The fourth-order valence-corrected chi connectivity index (χ4v) is 6.65. The third kappa shape index (κ3) is 7.13. The van der Waals surface area contributed by atoms with Crippen LogP contribution in [0, 0.1) is 0 Å². The van der Waals surface area contributed by atoms with Crippen molar-refractivity contribution < 1.29 is 19.1 Å². The van der Waals surface area contributed by atoms with Gasteiger partial charge in [0.15, 0.2) is 11.0 Å². The van der Waals surface area contributed by atoms with Crippen LogP contribution in [0.4, 0.5) is 0 Å². The van der Waals surface area contributed by atoms with Crippen molar-refractivity contribution in [3.8, 4) is 11.5 Å². The average Bonchev–Trinajstić information content (AvgIpc) is 3.88. The van der Waals surface area contributed by atoms with Crippen molar-refractivity contribution in [2.45, 2.75) is 30.7 Å². The first-order valence-corrected chi connectivity index (χ1v) is 16.5. The van der Waals surface area contributed by atoms with Crippen LogP contribution in [-0.2, 0) is 17.9 Å². The van der Waals surface area contributed by atoms with E-state index in [2.05, 4.69) is 15.5 Å². The highest BCUT2D eigenvalue weighted by Crippen LogP contribution is 2.35. The van der Waals surface area contributed by atoms with E-state index in [0.717, 1.165) is 27.5 Å². The van der Waals surface area contributed by atoms with Crippen LogP contribution < -0.4 is 14.8 Å². The minimum absolute atomic E-state index is 0.108. The molecule has 0 fully saturated rings. The Morgan fingerprint density at radius 3 is 2.48 bits per heavy atom. The summed E-state index contributed by atoms with van der Waals surface area (Å²) in [5.74, 6) is 1.64. The number of carbonyl (C=O) groups is 2. The maximum Gasteiger partial charge on any atom is 0.253 e. The van der Waals surface area contributed by atoms with Crippen LogP contribution in [0.5, 0.6) is 11.5 Å². The summed E-state index contributed by atoms with van der Waals surface area (Å²) in [4.78, 5) is 27.8. The molecule has 46 heavy (non-hydrogen) atoms. The summed E-state index contributed by atoms with van der Waals surface area (Å²) >= 11 is 2.91. The van der Waals surface area contributed by atoms with E-state index in [1.165, 1.54) is 11.8 Å². The average molecular weight is 653 g/mol. The van der Waals surface area contributed by atoms with Crippen molar-refractivity contribution in [1.29, 1.82) is 0 Å². The number of hydrogen-bond acceptors (Lipinski definition) is 9. The summed E-state index contributed by atoms with van der Waals surface area (Å²) in [6.45, 7) is 0.637. The first kappa shape index (κ1) is 31.1. The highest BCUT2D eigenvalue weighted by Gasteiger charge is 2.33. The van der Waals surface area contributed by atoms with Crippen molar-refractivity contribution in [2.75, 3.05) is 20.0 Å². The van der Waals surface area contributed by atoms with E-state index in [1.807, 2.05) is 76.7 Å². The van der Waals surface area contributed by atoms with Gasteiger partial charge < -0.3 is 19.4 Å². The Bertz CT molecular complexity index is 1820. The molecule has 1 N–H and O–H groups in total. The molecule has 0 bridgehead atoms. The summed E-state index contributed by atoms with van der Waals surface area (Å²) in [5.41, 5.74) is 3.39. The number of hydrazone groups is 1. The zero-order valence-electron chi connectivity index (χ0n) is 25.3. The number of ether oxygens (including phenoxy) is 2. The van der Waals surface area contributed by atoms with Crippen molar-refractivity contribution in [3.05, 3.63) is 124 Å². The van der Waals surface area contributed by atoms with Crippen LogP contribution in [0.1, 0.15) is 44.6 Å². The van der Waals surface area contributed by atoms with Gasteiger partial charge in [0.2, 0.25) is 0 Å². The molecule has 0 saturated carbocycles. The molecule has 3 heterocycles. The Kier molecular flexibility index (Phi) is 9.75. The van der Waals surface area contributed by atoms with Crippen LogP contribution in [0.25, 0.3) is 0 Å². The predicted molar refractivity (Wildman–Crippen MR) is 179 cm³/mol. The van der Waals surface area contributed by atoms with E-state index in [0.29, 0.717) is 35.3 Å². The Morgan fingerprint density at radius 1 is 0.935 bits per heavy atom. The number of nitrogens with one attached hydrogen (secondary N) is 1. The van der Waals surface area contributed by atoms with Gasteiger partial charge in [-0.25, -0.2) is 5.01 Å². The number of thiophene rings is 1. The first-order valence-electron chi connectivity index (χ1n) is 14.6. The van der Waals surface area contributed by atoms with Crippen molar-refractivity contribution in [3.63, 3.8) is 0 Å². The molecule has 0 unspecified atom stereocenters. The number of nitrogens with zero attached hydrogens (tertiary/aromatic N) is 5. The van der Waals surface area contributed by atoms with Gasteiger partial charge in [0.1, 0.15) is 11.5 Å². The lowest BCUT2D eigenvalue weighted by atomic mass is 10.0.